The molecule has 0 radical (unpaired) electrons. The third-order valence-corrected chi connectivity index (χ3v) is 3.63. The minimum Gasteiger partial charge on any atom is -0.490 e. The molecule has 1 fully saturated rings. The van der Waals surface area contributed by atoms with Crippen LogP contribution >= 0.6 is 0 Å². The maximum atomic E-state index is 5.71. The van der Waals surface area contributed by atoms with E-state index in [0.717, 1.165) is 38.5 Å². The summed E-state index contributed by atoms with van der Waals surface area (Å²) >= 11 is 0. The average molecular weight is 274 g/mol. The first-order valence-corrected chi connectivity index (χ1v) is 7.56. The second kappa shape index (κ2) is 8.08. The molecular weight excluding hydrogens is 248 g/mol. The lowest BCUT2D eigenvalue weighted by Gasteiger charge is -2.25. The molecule has 1 N–H and O–H groups in total. The molecule has 0 aliphatic carbocycles. The van der Waals surface area contributed by atoms with Crippen molar-refractivity contribution >= 4 is 0 Å². The molecule has 1 aliphatic rings. The first-order chi connectivity index (χ1) is 9.75. The van der Waals surface area contributed by atoms with Crippen molar-refractivity contribution in [3.05, 3.63) is 42.0 Å². The predicted molar refractivity (Wildman–Crippen MR) is 84.5 cm³/mol. The molecule has 110 valence electrons. The average Bonchev–Trinajstić information content (AvgIpc) is 2.48. The number of piperazine rings is 1. The van der Waals surface area contributed by atoms with Crippen LogP contribution in [0.2, 0.25) is 0 Å². The van der Waals surface area contributed by atoms with Crippen LogP contribution in [0.3, 0.4) is 0 Å². The number of nitrogens with zero attached hydrogens (tertiary/aromatic N) is 1. The summed E-state index contributed by atoms with van der Waals surface area (Å²) in [5.74, 6) is 1.52. The van der Waals surface area contributed by atoms with Crippen molar-refractivity contribution < 1.29 is 4.74 Å². The highest BCUT2D eigenvalue weighted by Gasteiger charge is 2.06. The van der Waals surface area contributed by atoms with Gasteiger partial charge in [0.1, 0.15) is 12.4 Å². The normalized spacial score (nSPS) is 16.9. The van der Waals surface area contributed by atoms with Crippen molar-refractivity contribution in [1.82, 2.24) is 10.2 Å². The van der Waals surface area contributed by atoms with E-state index in [1.807, 2.05) is 0 Å². The fraction of sp³-hybridized carbons (Fsp3) is 0.529. The second-order valence-electron chi connectivity index (χ2n) is 5.56. The monoisotopic (exact) mass is 274 g/mol. The van der Waals surface area contributed by atoms with Crippen LogP contribution < -0.4 is 10.1 Å². The fourth-order valence-corrected chi connectivity index (χ4v) is 2.28. The number of ether oxygens (including phenoxy) is 1. The van der Waals surface area contributed by atoms with Gasteiger partial charge in [-0.15, -0.1) is 0 Å². The summed E-state index contributed by atoms with van der Waals surface area (Å²) in [4.78, 5) is 2.45. The van der Waals surface area contributed by atoms with E-state index in [2.05, 4.69) is 60.5 Å². The summed E-state index contributed by atoms with van der Waals surface area (Å²) in [5, 5.41) is 3.36. The summed E-state index contributed by atoms with van der Waals surface area (Å²) in [6, 6.07) is 8.40. The van der Waals surface area contributed by atoms with E-state index in [1.54, 1.807) is 0 Å². The molecule has 1 saturated heterocycles. The van der Waals surface area contributed by atoms with Gasteiger partial charge in [0.25, 0.3) is 0 Å². The maximum absolute atomic E-state index is 5.71. The zero-order valence-corrected chi connectivity index (χ0v) is 12.6. The maximum Gasteiger partial charge on any atom is 0.119 e. The van der Waals surface area contributed by atoms with Crippen LogP contribution in [0.25, 0.3) is 0 Å². The summed E-state index contributed by atoms with van der Waals surface area (Å²) in [6.45, 7) is 10.6. The molecule has 0 spiro atoms. The van der Waals surface area contributed by atoms with Crippen molar-refractivity contribution in [3.63, 3.8) is 0 Å². The molecule has 1 aromatic carbocycles. The molecule has 20 heavy (non-hydrogen) atoms. The van der Waals surface area contributed by atoms with E-state index in [1.165, 1.54) is 5.56 Å². The molecule has 0 saturated carbocycles. The van der Waals surface area contributed by atoms with Gasteiger partial charge in [0, 0.05) is 32.7 Å². The van der Waals surface area contributed by atoms with Gasteiger partial charge in [0.2, 0.25) is 0 Å². The molecule has 1 aliphatic heterocycles. The Bertz CT molecular complexity index is 406. The number of nitrogens with one attached hydrogen (secondary N) is 1. The molecule has 0 amide bonds. The van der Waals surface area contributed by atoms with Gasteiger partial charge in [-0.25, -0.2) is 0 Å². The number of hydrogen-bond donors (Lipinski definition) is 1. The lowest BCUT2D eigenvalue weighted by molar-refractivity contribution is 0.264. The molecule has 2 rings (SSSR count). The topological polar surface area (TPSA) is 24.5 Å². The van der Waals surface area contributed by atoms with Crippen molar-refractivity contribution in [2.75, 3.05) is 39.3 Å². The zero-order valence-electron chi connectivity index (χ0n) is 12.6. The lowest BCUT2D eigenvalue weighted by atomic mass is 10.0. The van der Waals surface area contributed by atoms with E-state index < -0.39 is 0 Å². The highest BCUT2D eigenvalue weighted by Crippen LogP contribution is 2.18. The Hall–Kier alpha value is -1.32. The second-order valence-corrected chi connectivity index (χ2v) is 5.56. The Balaban J connectivity index is 1.67. The van der Waals surface area contributed by atoms with Crippen molar-refractivity contribution in [2.24, 2.45) is 0 Å². The molecule has 0 aromatic heterocycles. The van der Waals surface area contributed by atoms with Gasteiger partial charge in [-0.1, -0.05) is 38.1 Å². The molecule has 3 nitrogen and oxygen atoms in total. The lowest BCUT2D eigenvalue weighted by Crippen LogP contribution is -2.43. The number of hydrogen-bond acceptors (Lipinski definition) is 3. The highest BCUT2D eigenvalue weighted by molar-refractivity contribution is 5.28. The van der Waals surface area contributed by atoms with Crippen LogP contribution in [0.4, 0.5) is 0 Å². The minimum absolute atomic E-state index is 0.572. The van der Waals surface area contributed by atoms with E-state index in [4.69, 9.17) is 4.74 Å². The standard InChI is InChI=1S/C17H26N2O/c1-15(2)16-5-7-17(8-6-16)20-14-4-3-11-19-12-9-18-10-13-19/h3-8,15,18H,9-14H2,1-2H3. The predicted octanol–water partition coefficient (Wildman–Crippen LogP) is 2.65. The molecule has 0 atom stereocenters. The number of rotatable bonds is 6. The summed E-state index contributed by atoms with van der Waals surface area (Å²) < 4.78 is 5.71. The first-order valence-electron chi connectivity index (χ1n) is 7.56. The van der Waals surface area contributed by atoms with Gasteiger partial charge in [-0.2, -0.15) is 0 Å². The Morgan fingerprint density at radius 1 is 1.15 bits per heavy atom. The Morgan fingerprint density at radius 2 is 1.85 bits per heavy atom. The summed E-state index contributed by atoms with van der Waals surface area (Å²) in [7, 11) is 0. The van der Waals surface area contributed by atoms with E-state index in [-0.39, 0.29) is 0 Å². The summed E-state index contributed by atoms with van der Waals surface area (Å²) in [6.07, 6.45) is 4.31. The molecule has 0 bridgehead atoms. The Morgan fingerprint density at radius 3 is 2.50 bits per heavy atom. The van der Waals surface area contributed by atoms with Crippen molar-refractivity contribution in [1.29, 1.82) is 0 Å². The van der Waals surface area contributed by atoms with Crippen LogP contribution in [-0.2, 0) is 0 Å². The molecule has 1 aromatic rings. The largest absolute Gasteiger partial charge is 0.490 e. The van der Waals surface area contributed by atoms with Gasteiger partial charge >= 0.3 is 0 Å². The smallest absolute Gasteiger partial charge is 0.119 e. The van der Waals surface area contributed by atoms with Crippen LogP contribution in [0.1, 0.15) is 25.3 Å². The third-order valence-electron chi connectivity index (χ3n) is 3.63. The van der Waals surface area contributed by atoms with Gasteiger partial charge in [-0.05, 0) is 23.6 Å². The molecule has 3 heteroatoms. The van der Waals surface area contributed by atoms with Crippen LogP contribution in [0.15, 0.2) is 36.4 Å². The van der Waals surface area contributed by atoms with Crippen molar-refractivity contribution in [2.45, 2.75) is 19.8 Å². The van der Waals surface area contributed by atoms with E-state index >= 15 is 0 Å². The van der Waals surface area contributed by atoms with Crippen LogP contribution in [-0.4, -0.2) is 44.2 Å². The van der Waals surface area contributed by atoms with Gasteiger partial charge in [0.05, 0.1) is 0 Å². The molecule has 0 unspecified atom stereocenters. The molecular formula is C17H26N2O. The zero-order chi connectivity index (χ0) is 14.2. The Labute approximate surface area is 122 Å². The minimum atomic E-state index is 0.572. The first kappa shape index (κ1) is 15.1. The van der Waals surface area contributed by atoms with Crippen LogP contribution in [0.5, 0.6) is 5.75 Å². The molecule has 1 heterocycles. The van der Waals surface area contributed by atoms with E-state index in [9.17, 15) is 0 Å². The Kier molecular flexibility index (Phi) is 6.09. The van der Waals surface area contributed by atoms with Gasteiger partial charge in [0.15, 0.2) is 0 Å². The SMILES string of the molecule is CC(C)c1ccc(OCC=CCN2CCNCC2)cc1. The highest BCUT2D eigenvalue weighted by atomic mass is 16.5. The van der Waals surface area contributed by atoms with Gasteiger partial charge < -0.3 is 10.1 Å². The third kappa shape index (κ3) is 4.99. The van der Waals surface area contributed by atoms with Crippen LogP contribution in [0, 0.1) is 0 Å². The quantitative estimate of drug-likeness (QED) is 0.807. The van der Waals surface area contributed by atoms with Crippen molar-refractivity contribution in [3.8, 4) is 5.75 Å². The van der Waals surface area contributed by atoms with Gasteiger partial charge in [-0.3, -0.25) is 4.90 Å². The fourth-order valence-electron chi connectivity index (χ4n) is 2.28. The number of benzene rings is 1. The summed E-state index contributed by atoms with van der Waals surface area (Å²) in [5.41, 5.74) is 1.35. The van der Waals surface area contributed by atoms with E-state index in [0.29, 0.717) is 12.5 Å².